The van der Waals surface area contributed by atoms with Crippen molar-refractivity contribution in [1.29, 1.82) is 0 Å². The summed E-state index contributed by atoms with van der Waals surface area (Å²) in [6, 6.07) is 28.9. The Balaban J connectivity index is 0.00000361. The highest BCUT2D eigenvalue weighted by atomic mass is 35.5. The van der Waals surface area contributed by atoms with Gasteiger partial charge in [-0.15, -0.1) is 24.8 Å². The molecular formula is C29H39Cl2N5O2. The van der Waals surface area contributed by atoms with E-state index in [-0.39, 0.29) is 42.8 Å². The smallest absolute Gasteiger partial charge is 0.315 e. The number of nitrogens with two attached hydrogens (primary N) is 1. The number of urea groups is 1. The van der Waals surface area contributed by atoms with Crippen LogP contribution in [0, 0.1) is 0 Å². The normalized spacial score (nSPS) is 11.7. The maximum atomic E-state index is 13.1. The van der Waals surface area contributed by atoms with Gasteiger partial charge in [0.25, 0.3) is 0 Å². The summed E-state index contributed by atoms with van der Waals surface area (Å²) in [7, 11) is 0. The van der Waals surface area contributed by atoms with Crippen molar-refractivity contribution in [3.05, 3.63) is 108 Å². The van der Waals surface area contributed by atoms with Gasteiger partial charge in [0.15, 0.2) is 0 Å². The molecule has 0 bridgehead atoms. The van der Waals surface area contributed by atoms with Gasteiger partial charge < -0.3 is 27.0 Å². The van der Waals surface area contributed by atoms with Gasteiger partial charge in [0.05, 0.1) is 6.04 Å². The minimum absolute atomic E-state index is 0. The summed E-state index contributed by atoms with van der Waals surface area (Å²) < 4.78 is 0. The third-order valence-electron chi connectivity index (χ3n) is 5.89. The quantitative estimate of drug-likeness (QED) is 0.206. The molecule has 6 N–H and O–H groups in total. The molecule has 0 aromatic heterocycles. The van der Waals surface area contributed by atoms with E-state index in [2.05, 4.69) is 33.4 Å². The minimum Gasteiger partial charge on any atom is -0.351 e. The molecular weight excluding hydrogens is 521 g/mol. The van der Waals surface area contributed by atoms with Gasteiger partial charge >= 0.3 is 6.03 Å². The average molecular weight is 561 g/mol. The molecule has 9 heteroatoms. The lowest BCUT2D eigenvalue weighted by molar-refractivity contribution is -0.123. The van der Waals surface area contributed by atoms with Crippen LogP contribution in [-0.4, -0.2) is 37.1 Å². The van der Waals surface area contributed by atoms with Gasteiger partial charge in [0.2, 0.25) is 5.91 Å². The Morgan fingerprint density at radius 2 is 1.18 bits per heavy atom. The van der Waals surface area contributed by atoms with Gasteiger partial charge in [-0.2, -0.15) is 0 Å². The fourth-order valence-electron chi connectivity index (χ4n) is 3.95. The molecule has 3 amide bonds. The van der Waals surface area contributed by atoms with Gasteiger partial charge in [-0.1, -0.05) is 91.0 Å². The number of hydrogen-bond donors (Lipinski definition) is 5. The van der Waals surface area contributed by atoms with Crippen molar-refractivity contribution >= 4 is 36.8 Å². The van der Waals surface area contributed by atoms with Crippen molar-refractivity contribution in [2.24, 2.45) is 5.73 Å². The largest absolute Gasteiger partial charge is 0.351 e. The summed E-state index contributed by atoms with van der Waals surface area (Å²) >= 11 is 0. The Labute approximate surface area is 238 Å². The van der Waals surface area contributed by atoms with Gasteiger partial charge in [0.1, 0.15) is 0 Å². The van der Waals surface area contributed by atoms with E-state index in [1.54, 1.807) is 0 Å². The third kappa shape index (κ3) is 12.4. The van der Waals surface area contributed by atoms with Crippen LogP contribution in [0.25, 0.3) is 0 Å². The molecule has 0 saturated carbocycles. The molecule has 0 radical (unpaired) electrons. The van der Waals surface area contributed by atoms with E-state index in [1.165, 1.54) is 0 Å². The highest BCUT2D eigenvalue weighted by Gasteiger charge is 2.22. The standard InChI is InChI=1S/C29H37N5O2.2ClH/c30-18-10-17-27(28(35)31-20-24-13-6-2-7-14-24)34-26(19-23-11-4-1-5-12-23)22-33-29(36)32-21-25-15-8-3-9-16-25;;/h1-9,11-16,26-27,34H,10,17-22,30H2,(H,31,35)(H2,32,33,36);2*1H/t26-,27+;;/m1../s1. The van der Waals surface area contributed by atoms with Gasteiger partial charge in [-0.3, -0.25) is 4.79 Å². The van der Waals surface area contributed by atoms with Crippen LogP contribution in [0.5, 0.6) is 0 Å². The van der Waals surface area contributed by atoms with Gasteiger partial charge in [0, 0.05) is 25.7 Å². The number of rotatable bonds is 14. The summed E-state index contributed by atoms with van der Waals surface area (Å²) in [5.74, 6) is -0.0705. The summed E-state index contributed by atoms with van der Waals surface area (Å²) in [5.41, 5.74) is 8.95. The molecule has 7 nitrogen and oxygen atoms in total. The summed E-state index contributed by atoms with van der Waals surface area (Å²) in [6.45, 7) is 1.79. The average Bonchev–Trinajstić information content (AvgIpc) is 2.93. The van der Waals surface area contributed by atoms with Crippen LogP contribution in [0.1, 0.15) is 29.5 Å². The van der Waals surface area contributed by atoms with Crippen LogP contribution in [0.2, 0.25) is 0 Å². The zero-order chi connectivity index (χ0) is 25.4. The first-order valence-corrected chi connectivity index (χ1v) is 12.5. The lowest BCUT2D eigenvalue weighted by atomic mass is 10.0. The van der Waals surface area contributed by atoms with Crippen LogP contribution in [0.3, 0.4) is 0 Å². The molecule has 3 aromatic rings. The molecule has 3 rings (SSSR count). The molecule has 0 aliphatic rings. The molecule has 0 saturated heterocycles. The minimum atomic E-state index is -0.417. The molecule has 0 spiro atoms. The molecule has 0 unspecified atom stereocenters. The predicted molar refractivity (Wildman–Crippen MR) is 159 cm³/mol. The highest BCUT2D eigenvalue weighted by Crippen LogP contribution is 2.07. The number of carbonyl (C=O) groups is 2. The Morgan fingerprint density at radius 1 is 0.684 bits per heavy atom. The van der Waals surface area contributed by atoms with Crippen LogP contribution in [0.4, 0.5) is 4.79 Å². The molecule has 0 aliphatic heterocycles. The first kappa shape index (κ1) is 32.9. The van der Waals surface area contributed by atoms with Crippen LogP contribution >= 0.6 is 24.8 Å². The van der Waals surface area contributed by atoms with Crippen molar-refractivity contribution in [1.82, 2.24) is 21.3 Å². The maximum Gasteiger partial charge on any atom is 0.315 e. The lowest BCUT2D eigenvalue weighted by Gasteiger charge is -2.26. The van der Waals surface area contributed by atoms with E-state index in [1.807, 2.05) is 78.9 Å². The lowest BCUT2D eigenvalue weighted by Crippen LogP contribution is -2.53. The van der Waals surface area contributed by atoms with E-state index in [9.17, 15) is 9.59 Å². The van der Waals surface area contributed by atoms with Gasteiger partial charge in [-0.05, 0) is 42.5 Å². The zero-order valence-electron chi connectivity index (χ0n) is 21.5. The first-order chi connectivity index (χ1) is 17.6. The molecule has 2 atom stereocenters. The monoisotopic (exact) mass is 559 g/mol. The molecule has 3 aromatic carbocycles. The van der Waals surface area contributed by atoms with Crippen LogP contribution < -0.4 is 27.0 Å². The van der Waals surface area contributed by atoms with Crippen molar-refractivity contribution in [2.75, 3.05) is 13.1 Å². The number of benzene rings is 3. The van der Waals surface area contributed by atoms with Crippen molar-refractivity contribution in [3.8, 4) is 0 Å². The number of nitrogens with one attached hydrogen (secondary N) is 4. The molecule has 38 heavy (non-hydrogen) atoms. The van der Waals surface area contributed by atoms with E-state index >= 15 is 0 Å². The fraction of sp³-hybridized carbons (Fsp3) is 0.310. The maximum absolute atomic E-state index is 13.1. The topological polar surface area (TPSA) is 108 Å². The van der Waals surface area contributed by atoms with E-state index in [4.69, 9.17) is 5.73 Å². The SMILES string of the molecule is Cl.Cl.NCCC[C@H](N[C@@H](CNC(=O)NCc1ccccc1)Cc1ccccc1)C(=O)NCc1ccccc1. The van der Waals surface area contributed by atoms with E-state index in [0.29, 0.717) is 39.0 Å². The molecule has 0 heterocycles. The highest BCUT2D eigenvalue weighted by molar-refractivity contribution is 5.85. The summed E-state index contributed by atoms with van der Waals surface area (Å²) in [5, 5.41) is 12.4. The Bertz CT molecular complexity index is 1040. The Kier molecular flexibility index (Phi) is 16.5. The van der Waals surface area contributed by atoms with Crippen LogP contribution in [-0.2, 0) is 24.3 Å². The van der Waals surface area contributed by atoms with E-state index in [0.717, 1.165) is 23.1 Å². The summed E-state index contributed by atoms with van der Waals surface area (Å²) in [6.07, 6.45) is 2.01. The van der Waals surface area contributed by atoms with E-state index < -0.39 is 6.04 Å². The number of carbonyl (C=O) groups excluding carboxylic acids is 2. The second kappa shape index (κ2) is 19.0. The Hall–Kier alpha value is -3.10. The van der Waals surface area contributed by atoms with Crippen molar-refractivity contribution < 1.29 is 9.59 Å². The van der Waals surface area contributed by atoms with Crippen molar-refractivity contribution in [2.45, 2.75) is 44.4 Å². The van der Waals surface area contributed by atoms with Crippen LogP contribution in [0.15, 0.2) is 91.0 Å². The predicted octanol–water partition coefficient (Wildman–Crippen LogP) is 3.95. The van der Waals surface area contributed by atoms with Crippen molar-refractivity contribution in [3.63, 3.8) is 0 Å². The number of halogens is 2. The molecule has 0 aliphatic carbocycles. The Morgan fingerprint density at radius 3 is 1.71 bits per heavy atom. The van der Waals surface area contributed by atoms with Gasteiger partial charge in [-0.25, -0.2) is 4.79 Å². The first-order valence-electron chi connectivity index (χ1n) is 12.5. The fourth-order valence-corrected chi connectivity index (χ4v) is 3.95. The second-order valence-electron chi connectivity index (χ2n) is 8.79. The summed E-state index contributed by atoms with van der Waals surface area (Å²) in [4.78, 5) is 25.6. The molecule has 206 valence electrons. The zero-order valence-corrected chi connectivity index (χ0v) is 23.1. The number of amides is 3. The molecule has 0 fully saturated rings. The second-order valence-corrected chi connectivity index (χ2v) is 8.79. The third-order valence-corrected chi connectivity index (χ3v) is 5.89. The number of hydrogen-bond acceptors (Lipinski definition) is 4.